The fourth-order valence-electron chi connectivity index (χ4n) is 3.90. The van der Waals surface area contributed by atoms with E-state index in [1.54, 1.807) is 0 Å². The number of hydrogen-bond donors (Lipinski definition) is 1. The van der Waals surface area contributed by atoms with Crippen LogP contribution in [-0.2, 0) is 0 Å². The molecule has 25 heavy (non-hydrogen) atoms. The van der Waals surface area contributed by atoms with Gasteiger partial charge in [-0.1, -0.05) is 0 Å². The van der Waals surface area contributed by atoms with Crippen molar-refractivity contribution in [2.45, 2.75) is 25.8 Å². The molecule has 0 saturated carbocycles. The van der Waals surface area contributed by atoms with Crippen molar-refractivity contribution in [1.29, 1.82) is 0 Å². The number of rotatable bonds is 2. The van der Waals surface area contributed by atoms with Crippen molar-refractivity contribution in [3.8, 4) is 11.3 Å². The van der Waals surface area contributed by atoms with Crippen molar-refractivity contribution in [2.75, 3.05) is 24.5 Å². The summed E-state index contributed by atoms with van der Waals surface area (Å²) in [6.45, 7) is 5.47. The summed E-state index contributed by atoms with van der Waals surface area (Å²) in [6.07, 6.45) is 2.63. The fourth-order valence-corrected chi connectivity index (χ4v) is 4.31. The maximum atomic E-state index is 4.76. The molecule has 0 amide bonds. The largest absolute Gasteiger partial charge is 0.147 e. The summed E-state index contributed by atoms with van der Waals surface area (Å²) in [5.74, 6) is 1.86. The van der Waals surface area contributed by atoms with Crippen molar-refractivity contribution in [3.63, 3.8) is 0 Å². The number of aromatic nitrogens is 2. The number of benzene rings is 1. The number of piperidine rings is 1. The number of anilines is 1. The van der Waals surface area contributed by atoms with Gasteiger partial charge in [0.1, 0.15) is 0 Å². The Morgan fingerprint density at radius 3 is 2.60 bits per heavy atom. The Morgan fingerprint density at radius 2 is 1.88 bits per heavy atom. The molecule has 3 heterocycles. The van der Waals surface area contributed by atoms with Crippen molar-refractivity contribution < 1.29 is 0 Å². The molecule has 2 radical (unpaired) electrons. The summed E-state index contributed by atoms with van der Waals surface area (Å²) >= 11 is 2.50. The Morgan fingerprint density at radius 1 is 1.12 bits per heavy atom. The van der Waals surface area contributed by atoms with Crippen LogP contribution < -0.4 is 14.8 Å². The van der Waals surface area contributed by atoms with Crippen LogP contribution in [0.3, 0.4) is 0 Å². The predicted octanol–water partition coefficient (Wildman–Crippen LogP) is 2.28. The van der Waals surface area contributed by atoms with Crippen LogP contribution in [0.1, 0.15) is 18.4 Å². The van der Waals surface area contributed by atoms with Crippen LogP contribution in [0.25, 0.3) is 11.3 Å². The number of hydrogen-bond acceptors (Lipinski definition) is 4. The smallest absolute Gasteiger partial charge is 0.147 e. The molecule has 0 unspecified atom stereocenters. The number of fused-ring (bicyclic) bond motifs is 1. The fraction of sp³-hybridized carbons (Fsp3) is 0.444. The molecule has 0 spiro atoms. The first-order valence-corrected chi connectivity index (χ1v) is 9.27. The van der Waals surface area contributed by atoms with E-state index < -0.39 is 0 Å². The molecule has 2 aromatic rings. The van der Waals surface area contributed by atoms with Gasteiger partial charge in [0.25, 0.3) is 0 Å². The average molecular weight is 441 g/mol. The normalized spacial score (nSPS) is 21.9. The molecule has 2 atom stereocenters. The SMILES string of the molecule is Cc1c(-c2ccccc2)nc([As])nc1N1C[C@H]2CCCN[C@H]2C1.Cl.Cl. The molecule has 4 nitrogen and oxygen atoms in total. The van der Waals surface area contributed by atoms with Crippen LogP contribution in [-0.4, -0.2) is 52.5 Å². The molecule has 2 aliphatic heterocycles. The molecule has 1 aromatic carbocycles. The zero-order valence-corrected chi connectivity index (χ0v) is 17.7. The number of halogens is 2. The topological polar surface area (TPSA) is 41.1 Å². The van der Waals surface area contributed by atoms with Crippen LogP contribution in [0.5, 0.6) is 0 Å². The van der Waals surface area contributed by atoms with Gasteiger partial charge in [-0.2, -0.15) is 0 Å². The van der Waals surface area contributed by atoms with Gasteiger partial charge >= 0.3 is 146 Å². The number of nitrogens with one attached hydrogen (secondary N) is 1. The first-order valence-electron chi connectivity index (χ1n) is 8.34. The molecule has 4 rings (SSSR count). The van der Waals surface area contributed by atoms with Gasteiger partial charge < -0.3 is 0 Å². The molecule has 2 saturated heterocycles. The van der Waals surface area contributed by atoms with E-state index in [-0.39, 0.29) is 24.8 Å². The van der Waals surface area contributed by atoms with Crippen molar-refractivity contribution in [2.24, 2.45) is 5.92 Å². The molecular weight excluding hydrogens is 418 g/mol. The standard InChI is InChI=1S/C18H21AsN4.2ClH/c1-12-16(13-6-3-2-4-7-13)21-18(19)22-17(12)23-10-14-8-5-9-20-15(14)11-23;;/h2-4,6-7,14-15,20H,5,8-11H2,1H3;2*1H/t14-,15+;;/m1../s1. The van der Waals surface area contributed by atoms with Gasteiger partial charge in [0.05, 0.1) is 0 Å². The van der Waals surface area contributed by atoms with Gasteiger partial charge in [0.2, 0.25) is 0 Å². The van der Waals surface area contributed by atoms with Gasteiger partial charge in [-0.05, 0) is 0 Å². The molecule has 0 bridgehead atoms. The Hall–Kier alpha value is -0.802. The van der Waals surface area contributed by atoms with E-state index in [0.29, 0.717) is 6.04 Å². The minimum absolute atomic E-state index is 0. The van der Waals surface area contributed by atoms with E-state index in [4.69, 9.17) is 4.98 Å². The van der Waals surface area contributed by atoms with Crippen LogP contribution in [0.15, 0.2) is 30.3 Å². The van der Waals surface area contributed by atoms with E-state index in [1.807, 2.05) is 6.07 Å². The quantitative estimate of drug-likeness (QED) is 0.727. The Kier molecular flexibility index (Phi) is 7.16. The second-order valence-electron chi connectivity index (χ2n) is 6.55. The average Bonchev–Trinajstić information content (AvgIpc) is 3.01. The number of nitrogens with zero attached hydrogens (tertiary/aromatic N) is 3. The first kappa shape index (κ1) is 20.5. The van der Waals surface area contributed by atoms with Crippen molar-refractivity contribution in [3.05, 3.63) is 35.9 Å². The summed E-state index contributed by atoms with van der Waals surface area (Å²) in [4.78, 5) is 11.9. The van der Waals surface area contributed by atoms with Crippen LogP contribution in [0, 0.1) is 12.8 Å². The van der Waals surface area contributed by atoms with Gasteiger partial charge in [-0.3, -0.25) is 0 Å². The van der Waals surface area contributed by atoms with Crippen molar-refractivity contribution >= 4 is 52.1 Å². The van der Waals surface area contributed by atoms with E-state index in [0.717, 1.165) is 47.2 Å². The summed E-state index contributed by atoms with van der Waals surface area (Å²) in [6, 6.07) is 11.0. The summed E-state index contributed by atoms with van der Waals surface area (Å²) in [5, 5.41) is 3.67. The second kappa shape index (κ2) is 8.72. The molecule has 2 fully saturated rings. The van der Waals surface area contributed by atoms with Crippen LogP contribution in [0.2, 0.25) is 0 Å². The third-order valence-electron chi connectivity index (χ3n) is 5.05. The Bertz CT molecular complexity index is 700. The van der Waals surface area contributed by atoms with E-state index in [1.165, 1.54) is 18.4 Å². The maximum absolute atomic E-state index is 4.76. The Labute approximate surface area is 170 Å². The van der Waals surface area contributed by atoms with Crippen LogP contribution in [0.4, 0.5) is 5.82 Å². The van der Waals surface area contributed by atoms with E-state index in [9.17, 15) is 0 Å². The minimum atomic E-state index is 0. The molecule has 134 valence electrons. The predicted molar refractivity (Wildman–Crippen MR) is 109 cm³/mol. The molecule has 2 aliphatic rings. The van der Waals surface area contributed by atoms with Gasteiger partial charge in [0.15, 0.2) is 0 Å². The second-order valence-corrected chi connectivity index (χ2v) is 7.39. The summed E-state index contributed by atoms with van der Waals surface area (Å²) < 4.78 is 0.791. The minimum Gasteiger partial charge on any atom is -0.147 e. The first-order chi connectivity index (χ1) is 11.2. The van der Waals surface area contributed by atoms with E-state index >= 15 is 0 Å². The van der Waals surface area contributed by atoms with Gasteiger partial charge in [0, 0.05) is 0 Å². The molecule has 1 N–H and O–H groups in total. The zero-order valence-electron chi connectivity index (χ0n) is 14.2. The molecular formula is C18H23AsCl2N4. The third-order valence-corrected chi connectivity index (χ3v) is 5.47. The molecule has 1 aromatic heterocycles. The Balaban J connectivity index is 0.00000113. The van der Waals surface area contributed by atoms with Crippen LogP contribution >= 0.6 is 24.8 Å². The molecule has 0 aliphatic carbocycles. The van der Waals surface area contributed by atoms with Crippen molar-refractivity contribution in [1.82, 2.24) is 15.3 Å². The van der Waals surface area contributed by atoms with Gasteiger partial charge in [-0.15, -0.1) is 24.8 Å². The molecule has 7 heteroatoms. The zero-order chi connectivity index (χ0) is 15.8. The summed E-state index contributed by atoms with van der Waals surface area (Å²) in [7, 11) is 0. The van der Waals surface area contributed by atoms with Gasteiger partial charge in [-0.25, -0.2) is 0 Å². The maximum Gasteiger partial charge on any atom is -0.147 e. The monoisotopic (exact) mass is 440 g/mol. The van der Waals surface area contributed by atoms with E-state index in [2.05, 4.69) is 63.2 Å². The third kappa shape index (κ3) is 4.14. The summed E-state index contributed by atoms with van der Waals surface area (Å²) in [5.41, 5.74) is 3.40.